The van der Waals surface area contributed by atoms with Gasteiger partial charge in [-0.15, -0.1) is 0 Å². The first-order chi connectivity index (χ1) is 9.40. The zero-order valence-electron chi connectivity index (χ0n) is 10.9. The molecule has 5 nitrogen and oxygen atoms in total. The van der Waals surface area contributed by atoms with Gasteiger partial charge in [-0.05, 0) is 25.5 Å². The van der Waals surface area contributed by atoms with Gasteiger partial charge in [0, 0.05) is 12.5 Å². The van der Waals surface area contributed by atoms with Gasteiger partial charge in [0.15, 0.2) is 11.6 Å². The molecule has 0 aromatic heterocycles. The van der Waals surface area contributed by atoms with Crippen LogP contribution in [0.3, 0.4) is 0 Å². The number of hydrogen-bond acceptors (Lipinski definition) is 3. The Morgan fingerprint density at radius 3 is 2.70 bits per heavy atom. The Morgan fingerprint density at radius 1 is 1.40 bits per heavy atom. The maximum atomic E-state index is 13.2. The number of carbonyl (C=O) groups excluding carboxylic acids is 1. The van der Waals surface area contributed by atoms with Crippen LogP contribution in [0.1, 0.15) is 19.8 Å². The lowest BCUT2D eigenvalue weighted by molar-refractivity contribution is -0.141. The molecule has 0 radical (unpaired) electrons. The number of carbonyl (C=O) groups is 2. The van der Waals surface area contributed by atoms with Gasteiger partial charge >= 0.3 is 5.97 Å². The van der Waals surface area contributed by atoms with Crippen molar-refractivity contribution >= 4 is 11.9 Å². The van der Waals surface area contributed by atoms with Crippen molar-refractivity contribution in [2.24, 2.45) is 0 Å². The topological polar surface area (TPSA) is 75.6 Å². The Labute approximate surface area is 114 Å². The lowest BCUT2D eigenvalue weighted by Gasteiger charge is -2.10. The third-order valence-electron chi connectivity index (χ3n) is 2.45. The third-order valence-corrected chi connectivity index (χ3v) is 2.45. The highest BCUT2D eigenvalue weighted by atomic mass is 19.1. The smallest absolute Gasteiger partial charge is 0.325 e. The lowest BCUT2D eigenvalue weighted by atomic mass is 10.2. The van der Waals surface area contributed by atoms with Crippen molar-refractivity contribution in [3.8, 4) is 5.75 Å². The van der Waals surface area contributed by atoms with Gasteiger partial charge in [0.05, 0.1) is 6.61 Å². The van der Waals surface area contributed by atoms with Crippen LogP contribution in [0.2, 0.25) is 0 Å². The monoisotopic (exact) mass is 287 g/mol. The average Bonchev–Trinajstić information content (AvgIpc) is 2.36. The van der Waals surface area contributed by atoms with Gasteiger partial charge in [0.2, 0.25) is 5.91 Å². The molecule has 0 bridgehead atoms. The molecule has 0 aliphatic rings. The first-order valence-electron chi connectivity index (χ1n) is 6.00. The molecular formula is C13H15F2NO4. The molecule has 1 aromatic rings. The molecule has 0 saturated heterocycles. The molecule has 0 saturated carbocycles. The molecule has 0 heterocycles. The zero-order chi connectivity index (χ0) is 15.1. The van der Waals surface area contributed by atoms with Crippen LogP contribution in [-0.4, -0.2) is 29.6 Å². The van der Waals surface area contributed by atoms with E-state index < -0.39 is 29.6 Å². The number of hydrogen-bond donors (Lipinski definition) is 2. The van der Waals surface area contributed by atoms with Crippen LogP contribution in [0.15, 0.2) is 18.2 Å². The van der Waals surface area contributed by atoms with E-state index in [0.29, 0.717) is 6.07 Å². The van der Waals surface area contributed by atoms with E-state index in [0.717, 1.165) is 12.1 Å². The van der Waals surface area contributed by atoms with Gasteiger partial charge < -0.3 is 15.2 Å². The fourth-order valence-corrected chi connectivity index (χ4v) is 1.38. The average molecular weight is 287 g/mol. The summed E-state index contributed by atoms with van der Waals surface area (Å²) >= 11 is 0. The molecule has 0 unspecified atom stereocenters. The van der Waals surface area contributed by atoms with Crippen molar-refractivity contribution in [3.63, 3.8) is 0 Å². The highest BCUT2D eigenvalue weighted by Gasteiger charge is 2.13. The Morgan fingerprint density at radius 2 is 2.10 bits per heavy atom. The first-order valence-corrected chi connectivity index (χ1v) is 6.00. The Bertz CT molecular complexity index is 493. The number of ether oxygens (including phenoxy) is 1. The molecule has 110 valence electrons. The van der Waals surface area contributed by atoms with Gasteiger partial charge in [-0.25, -0.2) is 8.78 Å². The number of carboxylic acid groups (broad SMARTS) is 1. The molecular weight excluding hydrogens is 272 g/mol. The standard InChI is InChI=1S/C13H15F2NO4/c1-8(13(18)19)16-12(17)3-2-6-20-11-5-4-9(14)7-10(11)15/h4-5,7-8H,2-3,6H2,1H3,(H,16,17)(H,18,19)/t8-/m0/s1. The molecule has 1 rings (SSSR count). The molecule has 0 aliphatic carbocycles. The van der Waals surface area contributed by atoms with Gasteiger partial charge in [-0.3, -0.25) is 9.59 Å². The first kappa shape index (κ1) is 15.9. The van der Waals surface area contributed by atoms with Crippen LogP contribution in [0.5, 0.6) is 5.75 Å². The quantitative estimate of drug-likeness (QED) is 0.749. The summed E-state index contributed by atoms with van der Waals surface area (Å²) in [6, 6.07) is 1.98. The Balaban J connectivity index is 2.28. The maximum Gasteiger partial charge on any atom is 0.325 e. The van der Waals surface area contributed by atoms with Gasteiger partial charge in [-0.2, -0.15) is 0 Å². The van der Waals surface area contributed by atoms with Crippen molar-refractivity contribution in [1.29, 1.82) is 0 Å². The highest BCUT2D eigenvalue weighted by molar-refractivity contribution is 5.83. The van der Waals surface area contributed by atoms with E-state index in [1.54, 1.807) is 0 Å². The largest absolute Gasteiger partial charge is 0.491 e. The summed E-state index contributed by atoms with van der Waals surface area (Å²) < 4.78 is 30.9. The minimum absolute atomic E-state index is 0.0560. The SMILES string of the molecule is C[C@H](NC(=O)CCCOc1ccc(F)cc1F)C(=O)O. The predicted octanol–water partition coefficient (Wildman–Crippen LogP) is 1.71. The fourth-order valence-electron chi connectivity index (χ4n) is 1.38. The summed E-state index contributed by atoms with van der Waals surface area (Å²) in [5, 5.41) is 10.9. The summed E-state index contributed by atoms with van der Waals surface area (Å²) in [5.41, 5.74) is 0. The van der Waals surface area contributed by atoms with Gasteiger partial charge in [-0.1, -0.05) is 0 Å². The predicted molar refractivity (Wildman–Crippen MR) is 66.3 cm³/mol. The van der Waals surface area contributed by atoms with E-state index in [1.807, 2.05) is 0 Å². The van der Waals surface area contributed by atoms with Crippen molar-refractivity contribution in [2.75, 3.05) is 6.61 Å². The molecule has 0 aliphatic heterocycles. The van der Waals surface area contributed by atoms with E-state index in [9.17, 15) is 18.4 Å². The second kappa shape index (κ2) is 7.42. The van der Waals surface area contributed by atoms with Crippen molar-refractivity contribution in [3.05, 3.63) is 29.8 Å². The van der Waals surface area contributed by atoms with Gasteiger partial charge in [0.25, 0.3) is 0 Å². The van der Waals surface area contributed by atoms with Crippen LogP contribution in [0, 0.1) is 11.6 Å². The molecule has 0 fully saturated rings. The van der Waals surface area contributed by atoms with Crippen LogP contribution < -0.4 is 10.1 Å². The number of halogens is 2. The number of carboxylic acids is 1. The zero-order valence-corrected chi connectivity index (χ0v) is 10.9. The number of amides is 1. The normalized spacial score (nSPS) is 11.8. The van der Waals surface area contributed by atoms with E-state index in [-0.39, 0.29) is 25.2 Å². The highest BCUT2D eigenvalue weighted by Crippen LogP contribution is 2.17. The second-order valence-electron chi connectivity index (χ2n) is 4.15. The molecule has 1 aromatic carbocycles. The molecule has 1 atom stereocenters. The summed E-state index contributed by atoms with van der Waals surface area (Å²) in [5.74, 6) is -3.15. The van der Waals surface area contributed by atoms with E-state index in [4.69, 9.17) is 9.84 Å². The molecule has 20 heavy (non-hydrogen) atoms. The Hall–Kier alpha value is -2.18. The van der Waals surface area contributed by atoms with Gasteiger partial charge in [0.1, 0.15) is 11.9 Å². The molecule has 0 spiro atoms. The van der Waals surface area contributed by atoms with E-state index in [1.165, 1.54) is 6.92 Å². The van der Waals surface area contributed by atoms with Crippen LogP contribution in [0.4, 0.5) is 8.78 Å². The van der Waals surface area contributed by atoms with Crippen LogP contribution >= 0.6 is 0 Å². The lowest BCUT2D eigenvalue weighted by Crippen LogP contribution is -2.38. The van der Waals surface area contributed by atoms with Crippen molar-refractivity contribution in [2.45, 2.75) is 25.8 Å². The summed E-state index contributed by atoms with van der Waals surface area (Å²) in [6.07, 6.45) is 0.343. The molecule has 7 heteroatoms. The molecule has 1 amide bonds. The van der Waals surface area contributed by atoms with Crippen LogP contribution in [0.25, 0.3) is 0 Å². The summed E-state index contributed by atoms with van der Waals surface area (Å²) in [6.45, 7) is 1.42. The summed E-state index contributed by atoms with van der Waals surface area (Å²) in [7, 11) is 0. The number of rotatable bonds is 7. The Kier molecular flexibility index (Phi) is 5.89. The minimum atomic E-state index is -1.12. The van der Waals surface area contributed by atoms with E-state index in [2.05, 4.69) is 5.32 Å². The summed E-state index contributed by atoms with van der Waals surface area (Å²) in [4.78, 5) is 21.8. The van der Waals surface area contributed by atoms with Crippen molar-refractivity contribution in [1.82, 2.24) is 5.32 Å². The number of nitrogens with one attached hydrogen (secondary N) is 1. The number of benzene rings is 1. The second-order valence-corrected chi connectivity index (χ2v) is 4.15. The number of aliphatic carboxylic acids is 1. The fraction of sp³-hybridized carbons (Fsp3) is 0.385. The molecule has 2 N–H and O–H groups in total. The third kappa shape index (κ3) is 5.21. The maximum absolute atomic E-state index is 13.2. The van der Waals surface area contributed by atoms with E-state index >= 15 is 0 Å². The van der Waals surface area contributed by atoms with Crippen LogP contribution in [-0.2, 0) is 9.59 Å². The van der Waals surface area contributed by atoms with Crippen molar-refractivity contribution < 1.29 is 28.2 Å². The minimum Gasteiger partial charge on any atom is -0.491 e.